The molecular weight excluding hydrogens is 429 g/mol. The van der Waals surface area contributed by atoms with Crippen molar-refractivity contribution in [2.75, 3.05) is 0 Å². The van der Waals surface area contributed by atoms with Crippen LogP contribution in [0.25, 0.3) is 11.1 Å². The lowest BCUT2D eigenvalue weighted by Gasteiger charge is -2.21. The molecule has 3 rings (SSSR count). The summed E-state index contributed by atoms with van der Waals surface area (Å²) in [5.41, 5.74) is 19.7. The normalized spacial score (nSPS) is 10.4. The minimum Gasteiger partial charge on any atom is -0.489 e. The average Bonchev–Trinajstić information content (AvgIpc) is 2.73. The summed E-state index contributed by atoms with van der Waals surface area (Å²) in [6.45, 7) is 7.90. The smallest absolute Gasteiger partial charge is 0.119 e. The molecule has 0 saturated carbocycles. The maximum atomic E-state index is 6.25. The first-order valence-electron chi connectivity index (χ1n) is 10.2. The fourth-order valence-corrected chi connectivity index (χ4v) is 3.62. The standard InChI is InChI=1S/C25H31N3O.2ClH/c1-17(2)13-24-22(15-27)25(20-11-9-19(14-26)10-12-20)23(18(3)28-24)16-29-21-7-5-4-6-8-21;;/h4-12,17H,13-16,26-27H2,1-3H3;2*1H. The van der Waals surface area contributed by atoms with E-state index in [1.54, 1.807) is 0 Å². The van der Waals surface area contributed by atoms with E-state index in [1.807, 2.05) is 30.3 Å². The highest BCUT2D eigenvalue weighted by Gasteiger charge is 2.19. The molecule has 0 aliphatic rings. The lowest BCUT2D eigenvalue weighted by atomic mass is 9.90. The summed E-state index contributed by atoms with van der Waals surface area (Å²) in [6.07, 6.45) is 0.904. The number of halogens is 2. The lowest BCUT2D eigenvalue weighted by molar-refractivity contribution is 0.305. The summed E-state index contributed by atoms with van der Waals surface area (Å²) in [4.78, 5) is 4.94. The molecule has 0 aliphatic heterocycles. The van der Waals surface area contributed by atoms with E-state index in [-0.39, 0.29) is 24.8 Å². The Morgan fingerprint density at radius 1 is 0.871 bits per heavy atom. The number of para-hydroxylation sites is 1. The van der Waals surface area contributed by atoms with Gasteiger partial charge in [0, 0.05) is 30.0 Å². The molecule has 0 aliphatic carbocycles. The van der Waals surface area contributed by atoms with Crippen LogP contribution in [0.1, 0.15) is 41.9 Å². The molecule has 4 nitrogen and oxygen atoms in total. The van der Waals surface area contributed by atoms with E-state index < -0.39 is 0 Å². The van der Waals surface area contributed by atoms with E-state index >= 15 is 0 Å². The molecule has 6 heteroatoms. The van der Waals surface area contributed by atoms with Crippen molar-refractivity contribution in [1.29, 1.82) is 0 Å². The number of nitrogens with zero attached hydrogens (tertiary/aromatic N) is 1. The van der Waals surface area contributed by atoms with Crippen LogP contribution in [-0.2, 0) is 26.1 Å². The number of nitrogens with two attached hydrogens (primary N) is 2. The van der Waals surface area contributed by atoms with Gasteiger partial charge in [-0.2, -0.15) is 0 Å². The van der Waals surface area contributed by atoms with Gasteiger partial charge in [0.25, 0.3) is 0 Å². The van der Waals surface area contributed by atoms with Crippen molar-refractivity contribution in [3.8, 4) is 16.9 Å². The zero-order chi connectivity index (χ0) is 20.8. The molecule has 168 valence electrons. The number of hydrogen-bond acceptors (Lipinski definition) is 4. The van der Waals surface area contributed by atoms with Crippen LogP contribution in [0.4, 0.5) is 0 Å². The zero-order valence-electron chi connectivity index (χ0n) is 18.4. The first kappa shape index (κ1) is 26.9. The van der Waals surface area contributed by atoms with Gasteiger partial charge in [-0.25, -0.2) is 0 Å². The first-order chi connectivity index (χ1) is 14.0. The molecule has 0 spiro atoms. The molecule has 0 bridgehead atoms. The van der Waals surface area contributed by atoms with E-state index in [9.17, 15) is 0 Å². The number of pyridine rings is 1. The largest absolute Gasteiger partial charge is 0.489 e. The molecular formula is C25H33Cl2N3O. The van der Waals surface area contributed by atoms with Gasteiger partial charge in [-0.1, -0.05) is 56.3 Å². The van der Waals surface area contributed by atoms with Gasteiger partial charge < -0.3 is 16.2 Å². The fourth-order valence-electron chi connectivity index (χ4n) is 3.62. The summed E-state index contributed by atoms with van der Waals surface area (Å²) in [6, 6.07) is 18.3. The second-order valence-corrected chi connectivity index (χ2v) is 7.78. The van der Waals surface area contributed by atoms with Crippen molar-refractivity contribution in [3.05, 3.63) is 82.7 Å². The molecule has 0 radical (unpaired) electrons. The molecule has 3 aromatic rings. The van der Waals surface area contributed by atoms with E-state index in [1.165, 1.54) is 0 Å². The van der Waals surface area contributed by atoms with Gasteiger partial charge in [-0.15, -0.1) is 24.8 Å². The second kappa shape index (κ2) is 12.7. The van der Waals surface area contributed by atoms with Gasteiger partial charge in [0.1, 0.15) is 12.4 Å². The maximum Gasteiger partial charge on any atom is 0.119 e. The molecule has 1 heterocycles. The monoisotopic (exact) mass is 461 g/mol. The number of benzene rings is 2. The molecule has 31 heavy (non-hydrogen) atoms. The van der Waals surface area contributed by atoms with Crippen molar-refractivity contribution < 1.29 is 4.74 Å². The molecule has 0 amide bonds. The predicted octanol–water partition coefficient (Wildman–Crippen LogP) is 5.60. The fraction of sp³-hybridized carbons (Fsp3) is 0.320. The highest BCUT2D eigenvalue weighted by molar-refractivity contribution is 5.85. The first-order valence-corrected chi connectivity index (χ1v) is 10.2. The van der Waals surface area contributed by atoms with Crippen molar-refractivity contribution in [3.63, 3.8) is 0 Å². The Hall–Kier alpha value is -2.11. The Morgan fingerprint density at radius 2 is 1.52 bits per heavy atom. The van der Waals surface area contributed by atoms with Gasteiger partial charge in [-0.3, -0.25) is 4.98 Å². The molecule has 0 unspecified atom stereocenters. The Balaban J connectivity index is 0.00000240. The van der Waals surface area contributed by atoms with Crippen LogP contribution in [0, 0.1) is 12.8 Å². The lowest BCUT2D eigenvalue weighted by Crippen LogP contribution is -2.14. The van der Waals surface area contributed by atoms with Crippen molar-refractivity contribution >= 4 is 24.8 Å². The number of ether oxygens (including phenoxy) is 1. The van der Waals surface area contributed by atoms with Crippen molar-refractivity contribution in [2.24, 2.45) is 17.4 Å². The van der Waals surface area contributed by atoms with E-state index in [0.29, 0.717) is 25.6 Å². The summed E-state index contributed by atoms with van der Waals surface area (Å²) in [5, 5.41) is 0. The third-order valence-corrected chi connectivity index (χ3v) is 5.10. The Bertz CT molecular complexity index is 945. The van der Waals surface area contributed by atoms with Gasteiger partial charge in [0.2, 0.25) is 0 Å². The average molecular weight is 462 g/mol. The minimum absolute atomic E-state index is 0. The van der Waals surface area contributed by atoms with Gasteiger partial charge >= 0.3 is 0 Å². The van der Waals surface area contributed by atoms with Crippen LogP contribution in [0.5, 0.6) is 5.75 Å². The maximum absolute atomic E-state index is 6.25. The minimum atomic E-state index is 0. The van der Waals surface area contributed by atoms with Gasteiger partial charge in [0.15, 0.2) is 0 Å². The van der Waals surface area contributed by atoms with Crippen LogP contribution in [0.2, 0.25) is 0 Å². The van der Waals surface area contributed by atoms with E-state index in [0.717, 1.165) is 51.4 Å². The van der Waals surface area contributed by atoms with Crippen LogP contribution in [0.15, 0.2) is 54.6 Å². The number of hydrogen-bond donors (Lipinski definition) is 2. The predicted molar refractivity (Wildman–Crippen MR) is 134 cm³/mol. The number of aromatic nitrogens is 1. The Labute approximate surface area is 198 Å². The Morgan fingerprint density at radius 3 is 2.06 bits per heavy atom. The van der Waals surface area contributed by atoms with Crippen LogP contribution >= 0.6 is 24.8 Å². The molecule has 0 saturated heterocycles. The summed E-state index contributed by atoms with van der Waals surface area (Å²) >= 11 is 0. The van der Waals surface area contributed by atoms with Crippen LogP contribution in [-0.4, -0.2) is 4.98 Å². The van der Waals surface area contributed by atoms with E-state index in [4.69, 9.17) is 21.2 Å². The van der Waals surface area contributed by atoms with Crippen molar-refractivity contribution in [1.82, 2.24) is 4.98 Å². The summed E-state index contributed by atoms with van der Waals surface area (Å²) in [7, 11) is 0. The third-order valence-electron chi connectivity index (χ3n) is 5.10. The van der Waals surface area contributed by atoms with Crippen LogP contribution < -0.4 is 16.2 Å². The highest BCUT2D eigenvalue weighted by Crippen LogP contribution is 2.33. The summed E-state index contributed by atoms with van der Waals surface area (Å²) in [5.74, 6) is 1.35. The van der Waals surface area contributed by atoms with Gasteiger partial charge in [0.05, 0.1) is 0 Å². The van der Waals surface area contributed by atoms with Crippen LogP contribution in [0.3, 0.4) is 0 Å². The second-order valence-electron chi connectivity index (χ2n) is 7.78. The zero-order valence-corrected chi connectivity index (χ0v) is 20.1. The number of rotatable bonds is 8. The van der Waals surface area contributed by atoms with Gasteiger partial charge in [-0.05, 0) is 53.6 Å². The van der Waals surface area contributed by atoms with Crippen molar-refractivity contribution in [2.45, 2.75) is 46.9 Å². The van der Waals surface area contributed by atoms with E-state index in [2.05, 4.69) is 45.0 Å². The topological polar surface area (TPSA) is 74.2 Å². The molecule has 4 N–H and O–H groups in total. The summed E-state index contributed by atoms with van der Waals surface area (Å²) < 4.78 is 6.10. The molecule has 0 fully saturated rings. The molecule has 1 aromatic heterocycles. The number of aryl methyl sites for hydroxylation is 1. The Kier molecular flexibility index (Phi) is 11.0. The quantitative estimate of drug-likeness (QED) is 0.457. The third kappa shape index (κ3) is 6.68. The highest BCUT2D eigenvalue weighted by atomic mass is 35.5. The molecule has 2 aromatic carbocycles. The SMILES string of the molecule is Cc1nc(CC(C)C)c(CN)c(-c2ccc(CN)cc2)c1COc1ccccc1.Cl.Cl. The molecule has 0 atom stereocenters.